The van der Waals surface area contributed by atoms with E-state index in [4.69, 9.17) is 23.2 Å². The van der Waals surface area contributed by atoms with E-state index in [1.54, 1.807) is 4.68 Å². The van der Waals surface area contributed by atoms with Crippen LogP contribution in [0.1, 0.15) is 23.9 Å². The van der Waals surface area contributed by atoms with Crippen LogP contribution in [0.4, 0.5) is 0 Å². The third-order valence-electron chi connectivity index (χ3n) is 3.32. The van der Waals surface area contributed by atoms with Gasteiger partial charge in [0, 0.05) is 18.5 Å². The summed E-state index contributed by atoms with van der Waals surface area (Å²) >= 11 is 12.1. The Morgan fingerprint density at radius 2 is 1.85 bits per heavy atom. The van der Waals surface area contributed by atoms with Gasteiger partial charge in [-0.15, -0.1) is 0 Å². The highest BCUT2D eigenvalue weighted by Gasteiger charge is 2.16. The number of nitrogens with zero attached hydrogens (tertiary/aromatic N) is 2. The molecule has 2 rings (SSSR count). The van der Waals surface area contributed by atoms with E-state index in [1.807, 2.05) is 38.2 Å². The quantitative estimate of drug-likeness (QED) is 0.918. The summed E-state index contributed by atoms with van der Waals surface area (Å²) in [5.74, 6) is 0. The first kappa shape index (κ1) is 15.4. The maximum atomic E-state index is 10.2. The van der Waals surface area contributed by atoms with Crippen LogP contribution in [0, 0.1) is 0 Å². The van der Waals surface area contributed by atoms with Crippen molar-refractivity contribution in [2.45, 2.75) is 32.3 Å². The molecule has 0 aliphatic carbocycles. The summed E-state index contributed by atoms with van der Waals surface area (Å²) in [6.45, 7) is 2.02. The molecule has 1 unspecified atom stereocenters. The fourth-order valence-electron chi connectivity index (χ4n) is 2.23. The smallest absolute Gasteiger partial charge is 0.0850 e. The molecule has 5 heteroatoms. The van der Waals surface area contributed by atoms with Gasteiger partial charge in [-0.3, -0.25) is 4.68 Å². The van der Waals surface area contributed by atoms with E-state index in [9.17, 15) is 5.11 Å². The molecule has 108 valence electrons. The van der Waals surface area contributed by atoms with Gasteiger partial charge in [0.25, 0.3) is 0 Å². The molecule has 2 aromatic rings. The summed E-state index contributed by atoms with van der Waals surface area (Å²) in [5, 5.41) is 16.0. The zero-order chi connectivity index (χ0) is 14.7. The summed E-state index contributed by atoms with van der Waals surface area (Å²) in [5.41, 5.74) is 2.81. The van der Waals surface area contributed by atoms with Crippen molar-refractivity contribution in [3.05, 3.63) is 51.3 Å². The summed E-state index contributed by atoms with van der Waals surface area (Å²) in [6, 6.07) is 7.51. The second kappa shape index (κ2) is 6.61. The van der Waals surface area contributed by atoms with Crippen molar-refractivity contribution in [3.63, 3.8) is 0 Å². The number of benzene rings is 1. The van der Waals surface area contributed by atoms with Crippen LogP contribution in [-0.2, 0) is 26.3 Å². The maximum Gasteiger partial charge on any atom is 0.0850 e. The molecule has 20 heavy (non-hydrogen) atoms. The Morgan fingerprint density at radius 1 is 1.20 bits per heavy atom. The number of rotatable bonds is 5. The van der Waals surface area contributed by atoms with Crippen LogP contribution in [-0.4, -0.2) is 21.0 Å². The van der Waals surface area contributed by atoms with Gasteiger partial charge in [-0.1, -0.05) is 42.3 Å². The van der Waals surface area contributed by atoms with Crippen molar-refractivity contribution in [2.24, 2.45) is 7.05 Å². The minimum Gasteiger partial charge on any atom is -0.392 e. The van der Waals surface area contributed by atoms with Crippen LogP contribution < -0.4 is 0 Å². The number of aromatic nitrogens is 2. The van der Waals surface area contributed by atoms with Crippen molar-refractivity contribution >= 4 is 23.2 Å². The van der Waals surface area contributed by atoms with Crippen molar-refractivity contribution in [1.82, 2.24) is 9.78 Å². The predicted molar refractivity (Wildman–Crippen MR) is 82.5 cm³/mol. The monoisotopic (exact) mass is 312 g/mol. The first-order valence-corrected chi connectivity index (χ1v) is 7.39. The lowest BCUT2D eigenvalue weighted by molar-refractivity contribution is 0.173. The molecule has 1 atom stereocenters. The molecule has 1 aromatic heterocycles. The van der Waals surface area contributed by atoms with Crippen LogP contribution in [0.15, 0.2) is 24.3 Å². The Balaban J connectivity index is 2.06. The third-order valence-corrected chi connectivity index (χ3v) is 4.00. The van der Waals surface area contributed by atoms with E-state index in [0.717, 1.165) is 23.4 Å². The summed E-state index contributed by atoms with van der Waals surface area (Å²) in [7, 11) is 1.86. The number of aliphatic hydroxyl groups is 1. The molecule has 0 aliphatic rings. The van der Waals surface area contributed by atoms with Crippen molar-refractivity contribution < 1.29 is 5.11 Å². The molecule has 0 saturated heterocycles. The minimum atomic E-state index is -0.492. The molecule has 0 aliphatic heterocycles. The molecule has 1 aromatic carbocycles. The van der Waals surface area contributed by atoms with Gasteiger partial charge in [-0.2, -0.15) is 5.10 Å². The number of hydrogen-bond acceptors (Lipinski definition) is 2. The second-order valence-corrected chi connectivity index (χ2v) is 5.69. The van der Waals surface area contributed by atoms with Crippen LogP contribution in [0.2, 0.25) is 10.0 Å². The average Bonchev–Trinajstić information content (AvgIpc) is 2.69. The zero-order valence-electron chi connectivity index (χ0n) is 11.6. The topological polar surface area (TPSA) is 38.0 Å². The Kier molecular flexibility index (Phi) is 5.08. The van der Waals surface area contributed by atoms with Crippen LogP contribution in [0.25, 0.3) is 0 Å². The SMILES string of the molecule is CCc1nn(C)c(CC(O)Cc2ccc(Cl)cc2)c1Cl. The summed E-state index contributed by atoms with van der Waals surface area (Å²) in [6.07, 6.45) is 1.36. The lowest BCUT2D eigenvalue weighted by Gasteiger charge is -2.11. The van der Waals surface area contributed by atoms with E-state index in [2.05, 4.69) is 5.10 Å². The number of aliphatic hydroxyl groups excluding tert-OH is 1. The van der Waals surface area contributed by atoms with Gasteiger partial charge in [-0.25, -0.2) is 0 Å². The molecule has 1 heterocycles. The van der Waals surface area contributed by atoms with Crippen LogP contribution in [0.5, 0.6) is 0 Å². The van der Waals surface area contributed by atoms with Crippen molar-refractivity contribution in [2.75, 3.05) is 0 Å². The average molecular weight is 313 g/mol. The van der Waals surface area contributed by atoms with Gasteiger partial charge in [0.15, 0.2) is 0 Å². The highest BCUT2D eigenvalue weighted by molar-refractivity contribution is 6.32. The molecule has 0 saturated carbocycles. The molecule has 3 nitrogen and oxygen atoms in total. The predicted octanol–water partition coefficient (Wildman–Crippen LogP) is 3.44. The van der Waals surface area contributed by atoms with Crippen LogP contribution >= 0.6 is 23.2 Å². The second-order valence-electron chi connectivity index (χ2n) is 4.87. The van der Waals surface area contributed by atoms with Gasteiger partial charge in [0.1, 0.15) is 0 Å². The zero-order valence-corrected chi connectivity index (χ0v) is 13.1. The highest BCUT2D eigenvalue weighted by Crippen LogP contribution is 2.23. The largest absolute Gasteiger partial charge is 0.392 e. The van der Waals surface area contributed by atoms with E-state index in [1.165, 1.54) is 0 Å². The minimum absolute atomic E-state index is 0.491. The Bertz CT molecular complexity index is 578. The van der Waals surface area contributed by atoms with Gasteiger partial charge in [-0.05, 0) is 30.5 Å². The Hall–Kier alpha value is -1.03. The van der Waals surface area contributed by atoms with Gasteiger partial charge in [0.2, 0.25) is 0 Å². The molecule has 0 radical (unpaired) electrons. The molecule has 0 bridgehead atoms. The molecule has 0 amide bonds. The first-order valence-electron chi connectivity index (χ1n) is 6.64. The van der Waals surface area contributed by atoms with Gasteiger partial charge in [0.05, 0.1) is 22.5 Å². The lowest BCUT2D eigenvalue weighted by Crippen LogP contribution is -2.16. The molecular weight excluding hydrogens is 295 g/mol. The number of hydrogen-bond donors (Lipinski definition) is 1. The van der Waals surface area contributed by atoms with E-state index >= 15 is 0 Å². The molecular formula is C15H18Cl2N2O. The summed E-state index contributed by atoms with van der Waals surface area (Å²) in [4.78, 5) is 0. The van der Waals surface area contributed by atoms with E-state index < -0.39 is 6.10 Å². The molecule has 1 N–H and O–H groups in total. The van der Waals surface area contributed by atoms with Crippen molar-refractivity contribution in [3.8, 4) is 0 Å². The molecule has 0 spiro atoms. The number of aryl methyl sites for hydroxylation is 2. The van der Waals surface area contributed by atoms with E-state index in [0.29, 0.717) is 22.9 Å². The maximum absolute atomic E-state index is 10.2. The Labute approximate surface area is 129 Å². The standard InChI is InChI=1S/C15H18Cl2N2O/c1-3-13-15(17)14(19(2)18-13)9-12(20)8-10-4-6-11(16)7-5-10/h4-7,12,20H,3,8-9H2,1-2H3. The fourth-order valence-corrected chi connectivity index (χ4v) is 2.73. The normalized spacial score (nSPS) is 12.7. The third kappa shape index (κ3) is 3.54. The van der Waals surface area contributed by atoms with Crippen LogP contribution in [0.3, 0.4) is 0 Å². The van der Waals surface area contributed by atoms with E-state index in [-0.39, 0.29) is 0 Å². The molecule has 0 fully saturated rings. The lowest BCUT2D eigenvalue weighted by atomic mass is 10.0. The number of halogens is 2. The highest BCUT2D eigenvalue weighted by atomic mass is 35.5. The van der Waals surface area contributed by atoms with Gasteiger partial charge < -0.3 is 5.11 Å². The first-order chi connectivity index (χ1) is 9.51. The van der Waals surface area contributed by atoms with Gasteiger partial charge >= 0.3 is 0 Å². The van der Waals surface area contributed by atoms with Crippen molar-refractivity contribution in [1.29, 1.82) is 0 Å². The Morgan fingerprint density at radius 3 is 2.40 bits per heavy atom. The fraction of sp³-hybridized carbons (Fsp3) is 0.400. The summed E-state index contributed by atoms with van der Waals surface area (Å²) < 4.78 is 1.76.